The summed E-state index contributed by atoms with van der Waals surface area (Å²) >= 11 is 0. The largest absolute Gasteiger partial charge is 0.370 e. The van der Waals surface area contributed by atoms with Crippen molar-refractivity contribution < 1.29 is 4.79 Å². The number of nitrogens with two attached hydrogens (primary N) is 1. The minimum Gasteiger partial charge on any atom is -0.370 e. The van der Waals surface area contributed by atoms with Crippen molar-refractivity contribution >= 4 is 27.8 Å². The van der Waals surface area contributed by atoms with E-state index in [0.717, 1.165) is 22.4 Å². The van der Waals surface area contributed by atoms with Gasteiger partial charge in [-0.15, -0.1) is 0 Å². The molecule has 1 amide bonds. The number of nitrogens with zero attached hydrogens (tertiary/aromatic N) is 2. The molecule has 0 spiro atoms. The van der Waals surface area contributed by atoms with Crippen molar-refractivity contribution in [3.05, 3.63) is 66.1 Å². The first-order valence-electron chi connectivity index (χ1n) is 9.15. The van der Waals surface area contributed by atoms with Gasteiger partial charge in [0.15, 0.2) is 0 Å². The summed E-state index contributed by atoms with van der Waals surface area (Å²) in [6.07, 6.45) is 2.44. The average Bonchev–Trinajstić information content (AvgIpc) is 3.26. The lowest BCUT2D eigenvalue weighted by Crippen LogP contribution is -2.19. The minimum atomic E-state index is -0.286. The Kier molecular flexibility index (Phi) is 4.64. The lowest BCUT2D eigenvalue weighted by atomic mass is 10.1. The fraction of sp³-hybridized carbons (Fsp3) is 0.238. The van der Waals surface area contributed by atoms with E-state index in [0.29, 0.717) is 19.5 Å². The number of imidazole rings is 1. The number of aromatic amines is 1. The highest BCUT2D eigenvalue weighted by molar-refractivity contribution is 5.84. The predicted molar refractivity (Wildman–Crippen MR) is 107 cm³/mol. The predicted octanol–water partition coefficient (Wildman–Crippen LogP) is 3.24. The van der Waals surface area contributed by atoms with Crippen LogP contribution in [-0.4, -0.2) is 20.4 Å². The molecule has 6 nitrogen and oxygen atoms in total. The molecule has 0 aliphatic carbocycles. The molecule has 0 aliphatic heterocycles. The van der Waals surface area contributed by atoms with Gasteiger partial charge in [-0.3, -0.25) is 4.79 Å². The minimum absolute atomic E-state index is 0.0881. The van der Waals surface area contributed by atoms with Gasteiger partial charge in [0.25, 0.3) is 0 Å². The van der Waals surface area contributed by atoms with Crippen molar-refractivity contribution in [3.8, 4) is 0 Å². The van der Waals surface area contributed by atoms with Gasteiger partial charge in [0, 0.05) is 36.6 Å². The summed E-state index contributed by atoms with van der Waals surface area (Å²) < 4.78 is 2.10. The first kappa shape index (κ1) is 17.3. The maximum absolute atomic E-state index is 11.1. The molecule has 0 saturated heterocycles. The summed E-state index contributed by atoms with van der Waals surface area (Å²) in [6, 6.07) is 16.4. The van der Waals surface area contributed by atoms with Crippen LogP contribution in [-0.2, 0) is 17.9 Å². The van der Waals surface area contributed by atoms with Crippen molar-refractivity contribution in [2.24, 2.45) is 5.73 Å². The maximum atomic E-state index is 11.1. The highest BCUT2D eigenvalue weighted by atomic mass is 16.1. The molecule has 2 aromatic heterocycles. The van der Waals surface area contributed by atoms with E-state index in [4.69, 9.17) is 5.73 Å². The molecule has 2 heterocycles. The monoisotopic (exact) mass is 361 g/mol. The summed E-state index contributed by atoms with van der Waals surface area (Å²) in [5.74, 6) is 0.639. The number of benzene rings is 2. The van der Waals surface area contributed by atoms with Crippen LogP contribution in [0.2, 0.25) is 0 Å². The molecule has 2 aromatic carbocycles. The number of hydrogen-bond acceptors (Lipinski definition) is 3. The zero-order valence-corrected chi connectivity index (χ0v) is 15.3. The lowest BCUT2D eigenvalue weighted by Gasteiger charge is -2.10. The van der Waals surface area contributed by atoms with Gasteiger partial charge in [-0.2, -0.15) is 0 Å². The molecule has 4 aromatic rings. The molecule has 0 aliphatic rings. The zero-order chi connectivity index (χ0) is 18.8. The first-order chi connectivity index (χ1) is 13.1. The van der Waals surface area contributed by atoms with E-state index in [1.807, 2.05) is 36.4 Å². The van der Waals surface area contributed by atoms with Crippen LogP contribution in [0.5, 0.6) is 0 Å². The van der Waals surface area contributed by atoms with Gasteiger partial charge in [0.2, 0.25) is 5.91 Å². The number of aryl methyl sites for hydroxylation is 1. The van der Waals surface area contributed by atoms with Gasteiger partial charge in [0.05, 0.1) is 17.1 Å². The SMILES string of the molecule is CC(NCc1cn(CCC(N)=O)c2ccccc12)c1nc2ccccc2[nH]1. The second-order valence-electron chi connectivity index (χ2n) is 6.82. The number of amides is 1. The van der Waals surface area contributed by atoms with Crippen LogP contribution in [0.25, 0.3) is 21.9 Å². The molecule has 1 atom stereocenters. The maximum Gasteiger partial charge on any atom is 0.219 e. The number of para-hydroxylation sites is 3. The quantitative estimate of drug-likeness (QED) is 0.472. The number of hydrogen-bond donors (Lipinski definition) is 3. The molecular weight excluding hydrogens is 338 g/mol. The molecule has 0 saturated carbocycles. The summed E-state index contributed by atoms with van der Waals surface area (Å²) in [4.78, 5) is 19.2. The van der Waals surface area contributed by atoms with Gasteiger partial charge >= 0.3 is 0 Å². The van der Waals surface area contributed by atoms with E-state index in [2.05, 4.69) is 45.1 Å². The van der Waals surface area contributed by atoms with Gasteiger partial charge in [-0.05, 0) is 30.7 Å². The highest BCUT2D eigenvalue weighted by Crippen LogP contribution is 2.23. The fourth-order valence-electron chi connectivity index (χ4n) is 3.42. The van der Waals surface area contributed by atoms with E-state index < -0.39 is 0 Å². The van der Waals surface area contributed by atoms with Crippen LogP contribution in [0.4, 0.5) is 0 Å². The van der Waals surface area contributed by atoms with Crippen LogP contribution in [0.3, 0.4) is 0 Å². The number of aromatic nitrogens is 3. The number of fused-ring (bicyclic) bond motifs is 2. The number of H-pyrrole nitrogens is 1. The Balaban J connectivity index is 1.53. The van der Waals surface area contributed by atoms with Crippen molar-refractivity contribution in [3.63, 3.8) is 0 Å². The molecule has 0 fully saturated rings. The first-order valence-corrected chi connectivity index (χ1v) is 9.15. The van der Waals surface area contributed by atoms with Crippen molar-refractivity contribution in [2.45, 2.75) is 32.5 Å². The number of rotatable bonds is 7. The summed E-state index contributed by atoms with van der Waals surface area (Å²) in [6.45, 7) is 3.40. The van der Waals surface area contributed by atoms with Crippen LogP contribution in [0.1, 0.15) is 30.8 Å². The Labute approximate surface area is 157 Å². The molecular formula is C21H23N5O. The van der Waals surface area contributed by atoms with E-state index in [1.54, 1.807) is 0 Å². The standard InChI is InChI=1S/C21H23N5O/c1-14(21-24-17-7-3-4-8-18(17)25-21)23-12-15-13-26(11-10-20(22)27)19-9-5-2-6-16(15)19/h2-9,13-14,23H,10-12H2,1H3,(H2,22,27)(H,24,25). The van der Waals surface area contributed by atoms with Crippen LogP contribution in [0, 0.1) is 0 Å². The lowest BCUT2D eigenvalue weighted by molar-refractivity contribution is -0.118. The summed E-state index contributed by atoms with van der Waals surface area (Å²) in [5.41, 5.74) is 9.64. The normalized spacial score (nSPS) is 12.6. The Morgan fingerprint density at radius 2 is 2.00 bits per heavy atom. The van der Waals surface area contributed by atoms with Crippen molar-refractivity contribution in [1.82, 2.24) is 19.9 Å². The fourth-order valence-corrected chi connectivity index (χ4v) is 3.42. The molecule has 0 radical (unpaired) electrons. The second kappa shape index (κ2) is 7.25. The second-order valence-corrected chi connectivity index (χ2v) is 6.82. The number of carbonyl (C=O) groups excluding carboxylic acids is 1. The van der Waals surface area contributed by atoms with Crippen LogP contribution < -0.4 is 11.1 Å². The molecule has 0 bridgehead atoms. The Morgan fingerprint density at radius 3 is 2.81 bits per heavy atom. The molecule has 4 rings (SSSR count). The number of nitrogens with one attached hydrogen (secondary N) is 2. The van der Waals surface area contributed by atoms with Gasteiger partial charge in [-0.25, -0.2) is 4.98 Å². The van der Waals surface area contributed by atoms with Crippen LogP contribution >= 0.6 is 0 Å². The molecule has 4 N–H and O–H groups in total. The van der Waals surface area contributed by atoms with E-state index in [1.165, 1.54) is 10.9 Å². The summed E-state index contributed by atoms with van der Waals surface area (Å²) in [5, 5.41) is 4.73. The Hall–Kier alpha value is -3.12. The number of primary amides is 1. The Bertz CT molecular complexity index is 1060. The molecule has 6 heteroatoms. The molecule has 1 unspecified atom stereocenters. The van der Waals surface area contributed by atoms with Crippen molar-refractivity contribution in [1.29, 1.82) is 0 Å². The summed E-state index contributed by atoms with van der Waals surface area (Å²) in [7, 11) is 0. The highest BCUT2D eigenvalue weighted by Gasteiger charge is 2.13. The third-order valence-electron chi connectivity index (χ3n) is 4.89. The molecule has 138 valence electrons. The smallest absolute Gasteiger partial charge is 0.219 e. The van der Waals surface area contributed by atoms with Crippen molar-refractivity contribution in [2.75, 3.05) is 0 Å². The van der Waals surface area contributed by atoms with E-state index >= 15 is 0 Å². The average molecular weight is 361 g/mol. The third kappa shape index (κ3) is 3.57. The van der Waals surface area contributed by atoms with Crippen LogP contribution in [0.15, 0.2) is 54.7 Å². The molecule has 27 heavy (non-hydrogen) atoms. The topological polar surface area (TPSA) is 88.7 Å². The number of carbonyl (C=O) groups is 1. The van der Waals surface area contributed by atoms with Gasteiger partial charge in [0.1, 0.15) is 5.82 Å². The Morgan fingerprint density at radius 1 is 1.22 bits per heavy atom. The zero-order valence-electron chi connectivity index (χ0n) is 15.3. The van der Waals surface area contributed by atoms with Gasteiger partial charge in [-0.1, -0.05) is 30.3 Å². The third-order valence-corrected chi connectivity index (χ3v) is 4.89. The van der Waals surface area contributed by atoms with E-state index in [9.17, 15) is 4.79 Å². The van der Waals surface area contributed by atoms with E-state index in [-0.39, 0.29) is 11.9 Å². The van der Waals surface area contributed by atoms with Gasteiger partial charge < -0.3 is 20.6 Å².